The van der Waals surface area contributed by atoms with Crippen molar-refractivity contribution in [2.24, 2.45) is 0 Å². The minimum Gasteiger partial charge on any atom is -0.335 e. The second-order valence-corrected chi connectivity index (χ2v) is 7.48. The maximum absolute atomic E-state index is 12.0. The minimum absolute atomic E-state index is 0.0413. The van der Waals surface area contributed by atoms with Crippen molar-refractivity contribution in [1.82, 2.24) is 14.5 Å². The average Bonchev–Trinajstić information content (AvgIpc) is 2.91. The van der Waals surface area contributed by atoms with Crippen LogP contribution in [0, 0.1) is 0 Å². The Kier molecular flexibility index (Phi) is 4.67. The van der Waals surface area contributed by atoms with Gasteiger partial charge in [-0.2, -0.15) is 4.31 Å². The number of hydrogen-bond donors (Lipinski definition) is 1. The van der Waals surface area contributed by atoms with Gasteiger partial charge in [0.2, 0.25) is 10.0 Å². The standard InChI is InChI=1S/C12H23N3O3S/c1-2-19(17,18)15-9-7-14(8-10-15)12(16)13-11-5-3-4-6-11/h11H,2-10H2,1H3,(H,13,16). The third-order valence-electron chi connectivity index (χ3n) is 3.97. The van der Waals surface area contributed by atoms with Gasteiger partial charge in [-0.3, -0.25) is 0 Å². The molecule has 1 aliphatic heterocycles. The van der Waals surface area contributed by atoms with Crippen LogP contribution in [0.15, 0.2) is 0 Å². The van der Waals surface area contributed by atoms with E-state index in [1.807, 2.05) is 0 Å². The summed E-state index contributed by atoms with van der Waals surface area (Å²) in [5.74, 6) is 0.126. The number of urea groups is 1. The molecule has 1 saturated heterocycles. The summed E-state index contributed by atoms with van der Waals surface area (Å²) in [5.41, 5.74) is 0. The molecule has 0 aromatic heterocycles. The van der Waals surface area contributed by atoms with Gasteiger partial charge in [0, 0.05) is 32.2 Å². The molecule has 1 N–H and O–H groups in total. The molecule has 1 aliphatic carbocycles. The van der Waals surface area contributed by atoms with E-state index in [-0.39, 0.29) is 11.8 Å². The lowest BCUT2D eigenvalue weighted by molar-refractivity contribution is 0.169. The van der Waals surface area contributed by atoms with E-state index in [1.54, 1.807) is 11.8 Å². The van der Waals surface area contributed by atoms with E-state index in [9.17, 15) is 13.2 Å². The molecule has 2 amide bonds. The number of amides is 2. The molecular formula is C12H23N3O3S. The van der Waals surface area contributed by atoms with Crippen molar-refractivity contribution in [3.8, 4) is 0 Å². The molecule has 19 heavy (non-hydrogen) atoms. The predicted octanol–water partition coefficient (Wildman–Crippen LogP) is 0.606. The predicted molar refractivity (Wildman–Crippen MR) is 73.4 cm³/mol. The summed E-state index contributed by atoms with van der Waals surface area (Å²) in [4.78, 5) is 13.7. The maximum Gasteiger partial charge on any atom is 0.317 e. The molecule has 0 unspecified atom stereocenters. The van der Waals surface area contributed by atoms with Crippen LogP contribution in [0.3, 0.4) is 0 Å². The number of carbonyl (C=O) groups excluding carboxylic acids is 1. The smallest absolute Gasteiger partial charge is 0.317 e. The molecule has 0 aromatic carbocycles. The quantitative estimate of drug-likeness (QED) is 0.827. The van der Waals surface area contributed by atoms with Crippen molar-refractivity contribution in [2.75, 3.05) is 31.9 Å². The summed E-state index contributed by atoms with van der Waals surface area (Å²) in [7, 11) is -3.12. The van der Waals surface area contributed by atoms with Crippen LogP contribution in [0.5, 0.6) is 0 Å². The van der Waals surface area contributed by atoms with Crippen LogP contribution in [0.1, 0.15) is 32.6 Å². The minimum atomic E-state index is -3.12. The number of sulfonamides is 1. The van der Waals surface area contributed by atoms with Gasteiger partial charge >= 0.3 is 6.03 Å². The van der Waals surface area contributed by atoms with Crippen LogP contribution in [-0.2, 0) is 10.0 Å². The first kappa shape index (κ1) is 14.6. The fourth-order valence-electron chi connectivity index (χ4n) is 2.69. The molecule has 1 heterocycles. The highest BCUT2D eigenvalue weighted by molar-refractivity contribution is 7.89. The van der Waals surface area contributed by atoms with Crippen LogP contribution in [0.2, 0.25) is 0 Å². The van der Waals surface area contributed by atoms with Crippen molar-refractivity contribution in [3.05, 3.63) is 0 Å². The zero-order valence-electron chi connectivity index (χ0n) is 11.5. The highest BCUT2D eigenvalue weighted by atomic mass is 32.2. The summed E-state index contributed by atoms with van der Waals surface area (Å²) in [6, 6.07) is 0.269. The number of nitrogens with zero attached hydrogens (tertiary/aromatic N) is 2. The van der Waals surface area contributed by atoms with Crippen molar-refractivity contribution in [2.45, 2.75) is 38.6 Å². The molecule has 110 valence electrons. The number of nitrogens with one attached hydrogen (secondary N) is 1. The SMILES string of the molecule is CCS(=O)(=O)N1CCN(C(=O)NC2CCCC2)CC1. The Morgan fingerprint density at radius 2 is 1.74 bits per heavy atom. The van der Waals surface area contributed by atoms with Crippen LogP contribution in [0.25, 0.3) is 0 Å². The lowest BCUT2D eigenvalue weighted by Crippen LogP contribution is -2.54. The van der Waals surface area contributed by atoms with Gasteiger partial charge < -0.3 is 10.2 Å². The third kappa shape index (κ3) is 3.60. The Labute approximate surface area is 115 Å². The second kappa shape index (κ2) is 6.09. The van der Waals surface area contributed by atoms with Gasteiger partial charge in [0.25, 0.3) is 0 Å². The molecule has 0 spiro atoms. The molecule has 6 nitrogen and oxygen atoms in total. The molecule has 7 heteroatoms. The van der Waals surface area contributed by atoms with Crippen molar-refractivity contribution < 1.29 is 13.2 Å². The summed E-state index contributed by atoms with van der Waals surface area (Å²) in [5, 5.41) is 3.04. The van der Waals surface area contributed by atoms with E-state index < -0.39 is 10.0 Å². The van der Waals surface area contributed by atoms with Crippen molar-refractivity contribution in [1.29, 1.82) is 0 Å². The normalized spacial score (nSPS) is 22.7. The maximum atomic E-state index is 12.0. The zero-order chi connectivity index (χ0) is 13.9. The second-order valence-electron chi connectivity index (χ2n) is 5.22. The van der Waals surface area contributed by atoms with Crippen molar-refractivity contribution >= 4 is 16.1 Å². The Morgan fingerprint density at radius 3 is 2.26 bits per heavy atom. The van der Waals surface area contributed by atoms with Crippen LogP contribution >= 0.6 is 0 Å². The van der Waals surface area contributed by atoms with Gasteiger partial charge in [-0.15, -0.1) is 0 Å². The Bertz CT molecular complexity index is 410. The zero-order valence-corrected chi connectivity index (χ0v) is 12.3. The van der Waals surface area contributed by atoms with E-state index in [0.717, 1.165) is 12.8 Å². The Hall–Kier alpha value is -0.820. The number of carbonyl (C=O) groups is 1. The van der Waals surface area contributed by atoms with Crippen LogP contribution in [-0.4, -0.2) is 61.6 Å². The Balaban J connectivity index is 1.80. The summed E-state index contributed by atoms with van der Waals surface area (Å²) in [6.45, 7) is 3.44. The molecule has 0 aromatic rings. The largest absolute Gasteiger partial charge is 0.335 e. The fourth-order valence-corrected chi connectivity index (χ4v) is 3.77. The summed E-state index contributed by atoms with van der Waals surface area (Å²) < 4.78 is 24.9. The third-order valence-corrected chi connectivity index (χ3v) is 5.85. The molecule has 0 bridgehead atoms. The number of piperazine rings is 1. The highest BCUT2D eigenvalue weighted by Crippen LogP contribution is 2.18. The summed E-state index contributed by atoms with van der Waals surface area (Å²) >= 11 is 0. The number of rotatable bonds is 3. The monoisotopic (exact) mass is 289 g/mol. The van der Waals surface area contributed by atoms with Gasteiger partial charge in [0.15, 0.2) is 0 Å². The van der Waals surface area contributed by atoms with E-state index >= 15 is 0 Å². The Morgan fingerprint density at radius 1 is 1.16 bits per heavy atom. The van der Waals surface area contributed by atoms with E-state index in [4.69, 9.17) is 0 Å². The first-order valence-corrected chi connectivity index (χ1v) is 8.67. The molecule has 1 saturated carbocycles. The number of hydrogen-bond acceptors (Lipinski definition) is 3. The van der Waals surface area contributed by atoms with E-state index in [0.29, 0.717) is 32.2 Å². The molecule has 2 rings (SSSR count). The lowest BCUT2D eigenvalue weighted by atomic mass is 10.2. The molecule has 2 aliphatic rings. The molecule has 0 atom stereocenters. The van der Waals surface area contributed by atoms with Crippen LogP contribution < -0.4 is 5.32 Å². The first-order chi connectivity index (χ1) is 9.03. The average molecular weight is 289 g/mol. The van der Waals surface area contributed by atoms with Crippen molar-refractivity contribution in [3.63, 3.8) is 0 Å². The highest BCUT2D eigenvalue weighted by Gasteiger charge is 2.28. The first-order valence-electron chi connectivity index (χ1n) is 7.06. The van der Waals surface area contributed by atoms with E-state index in [1.165, 1.54) is 17.1 Å². The van der Waals surface area contributed by atoms with Gasteiger partial charge in [-0.05, 0) is 19.8 Å². The molecular weight excluding hydrogens is 266 g/mol. The summed E-state index contributed by atoms with van der Waals surface area (Å²) in [6.07, 6.45) is 4.51. The molecule has 0 radical (unpaired) electrons. The lowest BCUT2D eigenvalue weighted by Gasteiger charge is -2.34. The van der Waals surface area contributed by atoms with Gasteiger partial charge in [0.05, 0.1) is 5.75 Å². The van der Waals surface area contributed by atoms with Gasteiger partial charge in [-0.25, -0.2) is 13.2 Å². The molecule has 2 fully saturated rings. The van der Waals surface area contributed by atoms with Gasteiger partial charge in [0.1, 0.15) is 0 Å². The fraction of sp³-hybridized carbons (Fsp3) is 0.917. The van der Waals surface area contributed by atoms with E-state index in [2.05, 4.69) is 5.32 Å². The van der Waals surface area contributed by atoms with Crippen LogP contribution in [0.4, 0.5) is 4.79 Å². The topological polar surface area (TPSA) is 69.7 Å². The van der Waals surface area contributed by atoms with Gasteiger partial charge in [-0.1, -0.05) is 12.8 Å².